The molecule has 1 atom stereocenters. The number of halogens is 2. The van der Waals surface area contributed by atoms with Crippen LogP contribution in [0, 0.1) is 0 Å². The van der Waals surface area contributed by atoms with Crippen molar-refractivity contribution in [3.05, 3.63) is 0 Å². The summed E-state index contributed by atoms with van der Waals surface area (Å²) in [6, 6.07) is -0.957. The fourth-order valence-electron chi connectivity index (χ4n) is 0.945. The van der Waals surface area contributed by atoms with E-state index in [-0.39, 0.29) is 53.5 Å². The van der Waals surface area contributed by atoms with Crippen LogP contribution in [0.5, 0.6) is 0 Å². The summed E-state index contributed by atoms with van der Waals surface area (Å²) in [6.45, 7) is 4.40. The summed E-state index contributed by atoms with van der Waals surface area (Å²) in [4.78, 5) is 14.4. The topological polar surface area (TPSA) is 188 Å². The van der Waals surface area contributed by atoms with E-state index in [2.05, 4.69) is 4.99 Å². The zero-order valence-corrected chi connectivity index (χ0v) is 15.2. The molecule has 0 bridgehead atoms. The Morgan fingerprint density at radius 3 is 1.77 bits per heavy atom. The number of hydrogen-bond acceptors (Lipinski definition) is 7. The molecule has 0 aliphatic carbocycles. The van der Waals surface area contributed by atoms with E-state index in [0.29, 0.717) is 13.1 Å². The Balaban J connectivity index is -0.0000000627. The Morgan fingerprint density at radius 2 is 1.50 bits per heavy atom. The van der Waals surface area contributed by atoms with Crippen molar-refractivity contribution in [3.8, 4) is 0 Å². The second-order valence-corrected chi connectivity index (χ2v) is 3.82. The van der Waals surface area contributed by atoms with E-state index in [1.54, 1.807) is 6.92 Å². The average Bonchev–Trinajstić information content (AvgIpc) is 2.31. The van der Waals surface area contributed by atoms with Crippen molar-refractivity contribution < 1.29 is 57.0 Å². The second-order valence-electron chi connectivity index (χ2n) is 3.82. The molecule has 0 rings (SSSR count). The third kappa shape index (κ3) is 32.1. The molecule has 0 fully saturated rings. The van der Waals surface area contributed by atoms with Gasteiger partial charge in [-0.1, -0.05) is 0 Å². The van der Waals surface area contributed by atoms with Gasteiger partial charge in [0.1, 0.15) is 0 Å². The van der Waals surface area contributed by atoms with E-state index in [9.17, 15) is 9.90 Å². The van der Waals surface area contributed by atoms with E-state index in [1.807, 2.05) is 0 Å². The Labute approximate surface area is 155 Å². The number of carbonyl (C=O) groups excluding carboxylic acids is 1. The van der Waals surface area contributed by atoms with Crippen LogP contribution < -0.4 is 52.9 Å². The average molecular weight is 408 g/mol. The van der Waals surface area contributed by atoms with Gasteiger partial charge in [-0.05, 0) is 39.4 Å². The van der Waals surface area contributed by atoms with Crippen LogP contribution >= 0.6 is 0 Å². The minimum atomic E-state index is -1.24. The number of nitrogens with two attached hydrogens (primary N) is 4. The maximum Gasteiger partial charge on any atom is 3.00 e. The van der Waals surface area contributed by atoms with Gasteiger partial charge in [-0.25, -0.2) is 0 Å². The molecule has 0 saturated carbocycles. The molecule has 0 aromatic rings. The molecule has 0 spiro atoms. The maximum atomic E-state index is 10.3. The molecule has 10 N–H and O–H groups in total. The minimum absolute atomic E-state index is 0. The summed E-state index contributed by atoms with van der Waals surface area (Å²) in [7, 11) is 0. The Bertz CT molecular complexity index is 250. The number of carboxylic acids is 1. The molecule has 0 aromatic carbocycles. The first-order chi connectivity index (χ1) is 8.49. The number of hydrogen-bond donors (Lipinski definition) is 4. The molecule has 0 unspecified atom stereocenters. The molecule has 0 amide bonds. The van der Waals surface area contributed by atoms with Gasteiger partial charge >= 0.3 is 16.8 Å². The fraction of sp³-hybridized carbons (Fsp3) is 0.818. The van der Waals surface area contributed by atoms with Crippen LogP contribution in [-0.2, 0) is 21.6 Å². The first-order valence-electron chi connectivity index (χ1n) is 6.06. The molecule has 0 aliphatic heterocycles. The summed E-state index contributed by atoms with van der Waals surface area (Å²) < 4.78 is 0. The Kier molecular flexibility index (Phi) is 50.1. The van der Waals surface area contributed by atoms with E-state index in [4.69, 9.17) is 22.9 Å². The fourth-order valence-corrected chi connectivity index (χ4v) is 0.945. The minimum Gasteiger partial charge on any atom is -1.00 e. The van der Waals surface area contributed by atoms with E-state index in [1.165, 1.54) is 0 Å². The molecular weight excluding hydrogens is 380 g/mol. The summed E-state index contributed by atoms with van der Waals surface area (Å²) in [6.07, 6.45) is 1.99. The maximum absolute atomic E-state index is 10.3. The molecule has 22 heavy (non-hydrogen) atoms. The molecule has 0 heterocycles. The van der Waals surface area contributed by atoms with Crippen molar-refractivity contribution in [3.63, 3.8) is 0 Å². The molecule has 138 valence electrons. The van der Waals surface area contributed by atoms with Crippen LogP contribution in [-0.4, -0.2) is 49.4 Å². The number of nitrogens with zero attached hydrogens (tertiary/aromatic N) is 1. The molecular formula is C11H28Cl2CoN5O3. The standard InChI is InChI=1S/C8H17N3O2.C3H10N2.2ClH.Co.H2O/c1-6(11-4-2-3-9)5-7(10)8(12)13;4-2-1-3-5;;;;/h7H,2-5,9-10H2,1H3,(H,12,13);1-5H2;2*1H;;1H2/q;;;;+3;/p-3/t7-;;;;;/m1...../s1. The van der Waals surface area contributed by atoms with Crippen LogP contribution in [0.2, 0.25) is 0 Å². The van der Waals surface area contributed by atoms with Gasteiger partial charge in [0.25, 0.3) is 0 Å². The second kappa shape index (κ2) is 29.1. The summed E-state index contributed by atoms with van der Waals surface area (Å²) in [5.41, 5.74) is 21.4. The summed E-state index contributed by atoms with van der Waals surface area (Å²) >= 11 is 0. The van der Waals surface area contributed by atoms with Gasteiger partial charge in [0.05, 0.1) is 5.97 Å². The number of carbonyl (C=O) groups is 1. The van der Waals surface area contributed by atoms with Gasteiger partial charge in [-0.2, -0.15) is 0 Å². The first kappa shape index (κ1) is 37.9. The van der Waals surface area contributed by atoms with Crippen LogP contribution in [0.15, 0.2) is 4.99 Å². The van der Waals surface area contributed by atoms with Gasteiger partial charge in [-0.3, -0.25) is 4.99 Å². The molecule has 8 nitrogen and oxygen atoms in total. The number of aliphatic imine (C=N–C) groups is 1. The van der Waals surface area contributed by atoms with Crippen molar-refractivity contribution in [2.75, 3.05) is 26.2 Å². The monoisotopic (exact) mass is 407 g/mol. The normalized spacial score (nSPS) is 10.3. The van der Waals surface area contributed by atoms with Gasteiger partial charge in [-0.15, -0.1) is 0 Å². The van der Waals surface area contributed by atoms with Gasteiger partial charge in [0.2, 0.25) is 0 Å². The van der Waals surface area contributed by atoms with E-state index in [0.717, 1.165) is 31.6 Å². The zero-order valence-electron chi connectivity index (χ0n) is 12.7. The quantitative estimate of drug-likeness (QED) is 0.228. The molecule has 0 aromatic heterocycles. The first-order valence-corrected chi connectivity index (χ1v) is 6.06. The van der Waals surface area contributed by atoms with Gasteiger partial charge in [0, 0.05) is 24.7 Å². The van der Waals surface area contributed by atoms with Crippen molar-refractivity contribution in [1.29, 1.82) is 0 Å². The molecule has 0 aliphatic rings. The predicted octanol–water partition coefficient (Wildman–Crippen LogP) is -9.26. The number of rotatable bonds is 8. The van der Waals surface area contributed by atoms with Gasteiger partial charge < -0.3 is 63.1 Å². The molecule has 0 saturated heterocycles. The Morgan fingerprint density at radius 1 is 1.09 bits per heavy atom. The van der Waals surface area contributed by atoms with Crippen LogP contribution in [0.1, 0.15) is 26.2 Å². The van der Waals surface area contributed by atoms with Crippen molar-refractivity contribution in [1.82, 2.24) is 0 Å². The van der Waals surface area contributed by atoms with Crippen LogP contribution in [0.25, 0.3) is 0 Å². The zero-order chi connectivity index (χ0) is 14.4. The number of aliphatic carboxylic acids is 1. The van der Waals surface area contributed by atoms with Crippen molar-refractivity contribution in [2.45, 2.75) is 32.2 Å². The number of carboxylic acid groups (broad SMARTS) is 1. The van der Waals surface area contributed by atoms with Crippen molar-refractivity contribution in [2.24, 2.45) is 27.9 Å². The van der Waals surface area contributed by atoms with E-state index >= 15 is 0 Å². The predicted molar refractivity (Wildman–Crippen MR) is 75.6 cm³/mol. The van der Waals surface area contributed by atoms with Crippen LogP contribution in [0.3, 0.4) is 0 Å². The SMILES string of the molecule is CC(C[C@@H](N)C(=O)[O-])=NCCCN.NCCCN.O.[Cl-].[Cl-].[Co+3]. The molecule has 0 radical (unpaired) electrons. The third-order valence-corrected chi connectivity index (χ3v) is 1.97. The summed E-state index contributed by atoms with van der Waals surface area (Å²) in [5.74, 6) is -1.24. The van der Waals surface area contributed by atoms with E-state index < -0.39 is 12.0 Å². The largest absolute Gasteiger partial charge is 3.00 e. The van der Waals surface area contributed by atoms with Crippen LogP contribution in [0.4, 0.5) is 0 Å². The smallest absolute Gasteiger partial charge is 1.00 e. The van der Waals surface area contributed by atoms with Gasteiger partial charge in [0.15, 0.2) is 0 Å². The molecule has 11 heteroatoms. The third-order valence-electron chi connectivity index (χ3n) is 1.97. The summed E-state index contributed by atoms with van der Waals surface area (Å²) in [5, 5.41) is 10.3. The Hall–Kier alpha value is 0.0265. The van der Waals surface area contributed by atoms with Crippen molar-refractivity contribution >= 4 is 11.7 Å².